The smallest absolute Gasteiger partial charge is 0.129 e. The molecule has 0 unspecified atom stereocenters. The SMILES string of the molecule is CCN(Cc1c(F)cccc1Cl)CC1CCN(c2ccccn2)CC1. The van der Waals surface area contributed by atoms with Crippen LogP contribution in [0.15, 0.2) is 42.6 Å². The van der Waals surface area contributed by atoms with E-state index in [9.17, 15) is 4.39 Å². The van der Waals surface area contributed by atoms with Gasteiger partial charge in [0, 0.05) is 43.0 Å². The van der Waals surface area contributed by atoms with Gasteiger partial charge in [-0.25, -0.2) is 9.37 Å². The molecule has 1 aromatic carbocycles. The first-order valence-electron chi connectivity index (χ1n) is 8.98. The van der Waals surface area contributed by atoms with Gasteiger partial charge in [-0.1, -0.05) is 30.7 Å². The van der Waals surface area contributed by atoms with Crippen molar-refractivity contribution in [2.24, 2.45) is 5.92 Å². The van der Waals surface area contributed by atoms with Gasteiger partial charge in [-0.15, -0.1) is 0 Å². The number of anilines is 1. The summed E-state index contributed by atoms with van der Waals surface area (Å²) in [6.07, 6.45) is 4.12. The maximum absolute atomic E-state index is 14.0. The van der Waals surface area contributed by atoms with Gasteiger partial charge in [0.15, 0.2) is 0 Å². The Morgan fingerprint density at radius 3 is 2.64 bits per heavy atom. The molecule has 0 spiro atoms. The zero-order chi connectivity index (χ0) is 17.6. The first-order chi connectivity index (χ1) is 12.2. The van der Waals surface area contributed by atoms with Gasteiger partial charge < -0.3 is 4.90 Å². The van der Waals surface area contributed by atoms with Gasteiger partial charge >= 0.3 is 0 Å². The van der Waals surface area contributed by atoms with E-state index in [1.165, 1.54) is 6.07 Å². The van der Waals surface area contributed by atoms with E-state index >= 15 is 0 Å². The summed E-state index contributed by atoms with van der Waals surface area (Å²) in [6.45, 7) is 6.63. The summed E-state index contributed by atoms with van der Waals surface area (Å²) in [6, 6.07) is 11.0. The van der Waals surface area contributed by atoms with E-state index in [0.717, 1.165) is 44.8 Å². The van der Waals surface area contributed by atoms with Gasteiger partial charge in [-0.05, 0) is 49.6 Å². The van der Waals surface area contributed by atoms with E-state index in [-0.39, 0.29) is 5.82 Å². The number of hydrogen-bond donors (Lipinski definition) is 0. The molecule has 1 aliphatic rings. The Labute approximate surface area is 154 Å². The van der Waals surface area contributed by atoms with Crippen molar-refractivity contribution in [2.45, 2.75) is 26.3 Å². The predicted molar refractivity (Wildman–Crippen MR) is 102 cm³/mol. The molecule has 1 fully saturated rings. The standard InChI is InChI=1S/C20H25ClFN3/c1-2-24(15-17-18(21)6-5-7-19(17)22)14-16-9-12-25(13-10-16)20-8-3-4-11-23-20/h3-8,11,16H,2,9-10,12-15H2,1H3. The van der Waals surface area contributed by atoms with Gasteiger partial charge in [0.25, 0.3) is 0 Å². The number of piperidine rings is 1. The van der Waals surface area contributed by atoms with E-state index in [1.807, 2.05) is 18.3 Å². The normalized spacial score (nSPS) is 15.8. The lowest BCUT2D eigenvalue weighted by Gasteiger charge is -2.35. The fraction of sp³-hybridized carbons (Fsp3) is 0.450. The highest BCUT2D eigenvalue weighted by atomic mass is 35.5. The second-order valence-electron chi connectivity index (χ2n) is 6.65. The Bertz CT molecular complexity index is 652. The molecule has 1 aromatic heterocycles. The molecule has 3 nitrogen and oxygen atoms in total. The Morgan fingerprint density at radius 2 is 2.00 bits per heavy atom. The molecule has 134 valence electrons. The Balaban J connectivity index is 1.55. The monoisotopic (exact) mass is 361 g/mol. The van der Waals surface area contributed by atoms with Crippen LogP contribution < -0.4 is 4.90 Å². The molecule has 3 rings (SSSR count). The van der Waals surface area contributed by atoms with Crippen LogP contribution in [0, 0.1) is 11.7 Å². The number of rotatable bonds is 6. The molecule has 0 N–H and O–H groups in total. The van der Waals surface area contributed by atoms with Crippen LogP contribution in [-0.2, 0) is 6.54 Å². The number of aromatic nitrogens is 1. The Hall–Kier alpha value is -1.65. The van der Waals surface area contributed by atoms with Gasteiger partial charge in [0.1, 0.15) is 11.6 Å². The second-order valence-corrected chi connectivity index (χ2v) is 7.05. The summed E-state index contributed by atoms with van der Waals surface area (Å²) < 4.78 is 14.0. The summed E-state index contributed by atoms with van der Waals surface area (Å²) in [7, 11) is 0. The van der Waals surface area contributed by atoms with Gasteiger partial charge in [-0.2, -0.15) is 0 Å². The summed E-state index contributed by atoms with van der Waals surface area (Å²) in [5.74, 6) is 1.48. The van der Waals surface area contributed by atoms with Crippen LogP contribution in [0.3, 0.4) is 0 Å². The molecule has 0 bridgehead atoms. The quantitative estimate of drug-likeness (QED) is 0.748. The second kappa shape index (κ2) is 8.63. The maximum atomic E-state index is 14.0. The van der Waals surface area contributed by atoms with E-state index in [2.05, 4.69) is 27.8 Å². The minimum Gasteiger partial charge on any atom is -0.357 e. The zero-order valence-electron chi connectivity index (χ0n) is 14.7. The van der Waals surface area contributed by atoms with E-state index in [1.54, 1.807) is 12.1 Å². The fourth-order valence-corrected chi connectivity index (χ4v) is 3.69. The molecule has 2 aromatic rings. The average molecular weight is 362 g/mol. The lowest BCUT2D eigenvalue weighted by atomic mass is 9.96. The number of nitrogens with zero attached hydrogens (tertiary/aromatic N) is 3. The lowest BCUT2D eigenvalue weighted by molar-refractivity contribution is 0.210. The van der Waals surface area contributed by atoms with Crippen LogP contribution in [0.5, 0.6) is 0 Å². The number of hydrogen-bond acceptors (Lipinski definition) is 3. The molecule has 0 amide bonds. The maximum Gasteiger partial charge on any atom is 0.129 e. The Morgan fingerprint density at radius 1 is 1.20 bits per heavy atom. The highest BCUT2D eigenvalue weighted by Crippen LogP contribution is 2.25. The summed E-state index contributed by atoms with van der Waals surface area (Å²) in [5.41, 5.74) is 0.608. The van der Waals surface area contributed by atoms with Crippen LogP contribution in [0.2, 0.25) is 5.02 Å². The van der Waals surface area contributed by atoms with Crippen molar-refractivity contribution in [3.05, 3.63) is 59.0 Å². The van der Waals surface area contributed by atoms with Crippen molar-refractivity contribution >= 4 is 17.4 Å². The van der Waals surface area contributed by atoms with Crippen LogP contribution in [0.25, 0.3) is 0 Å². The third-order valence-corrected chi connectivity index (χ3v) is 5.35. The molecule has 0 radical (unpaired) electrons. The van der Waals surface area contributed by atoms with Crippen molar-refractivity contribution in [1.29, 1.82) is 0 Å². The van der Waals surface area contributed by atoms with E-state index in [4.69, 9.17) is 11.6 Å². The van der Waals surface area contributed by atoms with Crippen LogP contribution in [-0.4, -0.2) is 36.1 Å². The van der Waals surface area contributed by atoms with Gasteiger partial charge in [-0.3, -0.25) is 4.90 Å². The minimum atomic E-state index is -0.212. The first kappa shape index (κ1) is 18.2. The van der Waals surface area contributed by atoms with Gasteiger partial charge in [0.05, 0.1) is 0 Å². The summed E-state index contributed by atoms with van der Waals surface area (Å²) in [5, 5.41) is 0.517. The lowest BCUT2D eigenvalue weighted by Crippen LogP contribution is -2.39. The molecule has 25 heavy (non-hydrogen) atoms. The third-order valence-electron chi connectivity index (χ3n) is 4.99. The van der Waals surface area contributed by atoms with Gasteiger partial charge in [0.2, 0.25) is 0 Å². The predicted octanol–water partition coefficient (Wildman–Crippen LogP) is 4.61. The Kier molecular flexibility index (Phi) is 6.27. The van der Waals surface area contributed by atoms with Crippen LogP contribution in [0.1, 0.15) is 25.3 Å². The number of benzene rings is 1. The fourth-order valence-electron chi connectivity index (χ4n) is 3.46. The zero-order valence-corrected chi connectivity index (χ0v) is 15.4. The average Bonchev–Trinajstić information content (AvgIpc) is 2.65. The summed E-state index contributed by atoms with van der Waals surface area (Å²) >= 11 is 6.18. The minimum absolute atomic E-state index is 0.212. The highest BCUT2D eigenvalue weighted by molar-refractivity contribution is 6.31. The molecular weight excluding hydrogens is 337 g/mol. The number of pyridine rings is 1. The number of halogens is 2. The first-order valence-corrected chi connectivity index (χ1v) is 9.36. The largest absolute Gasteiger partial charge is 0.357 e. The van der Waals surface area contributed by atoms with E-state index in [0.29, 0.717) is 23.0 Å². The molecule has 0 aliphatic carbocycles. The molecule has 5 heteroatoms. The van der Waals surface area contributed by atoms with Crippen LogP contribution >= 0.6 is 11.6 Å². The van der Waals surface area contributed by atoms with Crippen molar-refractivity contribution in [1.82, 2.24) is 9.88 Å². The molecule has 2 heterocycles. The summed E-state index contributed by atoms with van der Waals surface area (Å²) in [4.78, 5) is 9.08. The van der Waals surface area contributed by atoms with Crippen LogP contribution in [0.4, 0.5) is 10.2 Å². The molecule has 0 atom stereocenters. The highest BCUT2D eigenvalue weighted by Gasteiger charge is 2.22. The van der Waals surface area contributed by atoms with E-state index < -0.39 is 0 Å². The van der Waals surface area contributed by atoms with Crippen molar-refractivity contribution in [3.8, 4) is 0 Å². The van der Waals surface area contributed by atoms with Crippen molar-refractivity contribution in [3.63, 3.8) is 0 Å². The third kappa shape index (κ3) is 4.71. The molecule has 0 saturated carbocycles. The van der Waals surface area contributed by atoms with Crippen molar-refractivity contribution < 1.29 is 4.39 Å². The van der Waals surface area contributed by atoms with Crippen molar-refractivity contribution in [2.75, 3.05) is 31.1 Å². The molecule has 1 saturated heterocycles. The topological polar surface area (TPSA) is 19.4 Å². The molecular formula is C20H25ClFN3. The molecule has 1 aliphatic heterocycles.